The number of anilines is 2. The van der Waals surface area contributed by atoms with Gasteiger partial charge in [-0.1, -0.05) is 0 Å². The lowest BCUT2D eigenvalue weighted by molar-refractivity contribution is -0.124. The van der Waals surface area contributed by atoms with Crippen molar-refractivity contribution < 1.29 is 14.3 Å². The van der Waals surface area contributed by atoms with Crippen LogP contribution in [0.15, 0.2) is 18.2 Å². The molecule has 2 rings (SSSR count). The molecule has 0 aliphatic carbocycles. The second-order valence-corrected chi connectivity index (χ2v) is 4.70. The smallest absolute Gasteiger partial charge is 0.253 e. The van der Waals surface area contributed by atoms with E-state index in [-0.39, 0.29) is 17.9 Å². The minimum Gasteiger partial charge on any atom is -0.368 e. The highest BCUT2D eigenvalue weighted by atomic mass is 16.5. The molecule has 1 heterocycles. The van der Waals surface area contributed by atoms with Crippen molar-refractivity contribution in [2.24, 2.45) is 0 Å². The van der Waals surface area contributed by atoms with Crippen molar-refractivity contribution in [3.8, 4) is 0 Å². The Morgan fingerprint density at radius 3 is 2.68 bits per heavy atom. The predicted molar refractivity (Wildman–Crippen MR) is 73.1 cm³/mol. The Labute approximate surface area is 112 Å². The Bertz CT molecular complexity index is 493. The molecule has 5 heteroatoms. The first-order chi connectivity index (χ1) is 9.06. The molecule has 0 saturated carbocycles. The van der Waals surface area contributed by atoms with Crippen molar-refractivity contribution in [3.63, 3.8) is 0 Å². The van der Waals surface area contributed by atoms with Gasteiger partial charge in [-0.25, -0.2) is 0 Å². The molecule has 19 heavy (non-hydrogen) atoms. The van der Waals surface area contributed by atoms with Crippen molar-refractivity contribution in [1.29, 1.82) is 0 Å². The first-order valence-corrected chi connectivity index (χ1v) is 6.37. The molecule has 2 N–H and O–H groups in total. The quantitative estimate of drug-likeness (QED) is 0.876. The summed E-state index contributed by atoms with van der Waals surface area (Å²) in [6.45, 7) is 4.00. The second-order valence-electron chi connectivity index (χ2n) is 4.70. The highest BCUT2D eigenvalue weighted by Gasteiger charge is 2.23. The van der Waals surface area contributed by atoms with Crippen LogP contribution in [0.25, 0.3) is 0 Å². The summed E-state index contributed by atoms with van der Waals surface area (Å²) in [5.74, 6) is -0.219. The first-order valence-electron chi connectivity index (χ1n) is 6.37. The number of amides is 2. The Morgan fingerprint density at radius 2 is 2.11 bits per heavy atom. The number of hydrogen-bond donors (Lipinski definition) is 2. The summed E-state index contributed by atoms with van der Waals surface area (Å²) in [5.41, 5.74) is 2.37. The van der Waals surface area contributed by atoms with Gasteiger partial charge in [0.25, 0.3) is 5.91 Å². The van der Waals surface area contributed by atoms with Gasteiger partial charge < -0.3 is 15.4 Å². The molecule has 1 saturated heterocycles. The van der Waals surface area contributed by atoms with Gasteiger partial charge in [-0.15, -0.1) is 0 Å². The third-order valence-corrected chi connectivity index (χ3v) is 3.03. The Hall–Kier alpha value is -1.88. The van der Waals surface area contributed by atoms with E-state index in [4.69, 9.17) is 4.74 Å². The predicted octanol–water partition coefficient (Wildman–Crippen LogP) is 2.07. The molecule has 0 spiro atoms. The van der Waals surface area contributed by atoms with Crippen LogP contribution in [0.4, 0.5) is 11.4 Å². The molecule has 1 atom stereocenters. The van der Waals surface area contributed by atoms with E-state index < -0.39 is 0 Å². The van der Waals surface area contributed by atoms with Gasteiger partial charge in [-0.2, -0.15) is 0 Å². The zero-order valence-corrected chi connectivity index (χ0v) is 11.2. The number of carbonyl (C=O) groups is 2. The molecule has 5 nitrogen and oxygen atoms in total. The van der Waals surface area contributed by atoms with Gasteiger partial charge in [0, 0.05) is 24.9 Å². The minimum atomic E-state index is -0.338. The van der Waals surface area contributed by atoms with Gasteiger partial charge >= 0.3 is 0 Å². The van der Waals surface area contributed by atoms with E-state index in [1.54, 1.807) is 12.1 Å². The summed E-state index contributed by atoms with van der Waals surface area (Å²) in [6, 6.07) is 5.38. The van der Waals surface area contributed by atoms with Crippen LogP contribution in [0.2, 0.25) is 0 Å². The van der Waals surface area contributed by atoms with Crippen molar-refractivity contribution >= 4 is 23.2 Å². The number of benzene rings is 1. The highest BCUT2D eigenvalue weighted by molar-refractivity contribution is 5.95. The van der Waals surface area contributed by atoms with Crippen molar-refractivity contribution in [1.82, 2.24) is 0 Å². The maximum Gasteiger partial charge on any atom is 0.253 e. The van der Waals surface area contributed by atoms with Crippen LogP contribution >= 0.6 is 0 Å². The van der Waals surface area contributed by atoms with Gasteiger partial charge in [0.1, 0.15) is 6.10 Å². The minimum absolute atomic E-state index is 0.107. The monoisotopic (exact) mass is 262 g/mol. The van der Waals surface area contributed by atoms with E-state index in [1.807, 2.05) is 13.0 Å². The van der Waals surface area contributed by atoms with E-state index in [9.17, 15) is 9.59 Å². The molecule has 1 aliphatic heterocycles. The maximum absolute atomic E-state index is 11.9. The SMILES string of the molecule is CC(=O)Nc1ccc(NC(=O)[C@H]2CCCO2)cc1C. The van der Waals surface area contributed by atoms with Crippen LogP contribution in [0.5, 0.6) is 0 Å². The van der Waals surface area contributed by atoms with Crippen LogP contribution in [0.3, 0.4) is 0 Å². The molecule has 2 amide bonds. The Kier molecular flexibility index (Phi) is 4.16. The molecule has 102 valence electrons. The zero-order valence-electron chi connectivity index (χ0n) is 11.2. The van der Waals surface area contributed by atoms with Crippen molar-refractivity contribution in [2.45, 2.75) is 32.8 Å². The summed E-state index contributed by atoms with van der Waals surface area (Å²) in [4.78, 5) is 22.9. The summed E-state index contributed by atoms with van der Waals surface area (Å²) >= 11 is 0. The largest absolute Gasteiger partial charge is 0.368 e. The first kappa shape index (κ1) is 13.5. The Morgan fingerprint density at radius 1 is 1.32 bits per heavy atom. The lowest BCUT2D eigenvalue weighted by Gasteiger charge is -2.12. The summed E-state index contributed by atoms with van der Waals surface area (Å²) < 4.78 is 5.32. The van der Waals surface area contributed by atoms with Crippen molar-refractivity contribution in [3.05, 3.63) is 23.8 Å². The molecule has 0 aromatic heterocycles. The fourth-order valence-corrected chi connectivity index (χ4v) is 2.08. The van der Waals surface area contributed by atoms with Crippen LogP contribution in [-0.2, 0) is 14.3 Å². The average molecular weight is 262 g/mol. The number of hydrogen-bond acceptors (Lipinski definition) is 3. The topological polar surface area (TPSA) is 67.4 Å². The van der Waals surface area contributed by atoms with E-state index in [1.165, 1.54) is 6.92 Å². The summed E-state index contributed by atoms with van der Waals surface area (Å²) in [6.07, 6.45) is 1.36. The van der Waals surface area contributed by atoms with E-state index in [2.05, 4.69) is 10.6 Å². The number of carbonyl (C=O) groups excluding carboxylic acids is 2. The van der Waals surface area contributed by atoms with Crippen LogP contribution in [0.1, 0.15) is 25.3 Å². The van der Waals surface area contributed by atoms with Gasteiger partial charge in [0.2, 0.25) is 5.91 Å². The van der Waals surface area contributed by atoms with Gasteiger partial charge in [-0.3, -0.25) is 9.59 Å². The van der Waals surface area contributed by atoms with Gasteiger partial charge in [-0.05, 0) is 43.5 Å². The fourth-order valence-electron chi connectivity index (χ4n) is 2.08. The normalized spacial score (nSPS) is 18.1. The molecule has 1 aliphatic rings. The summed E-state index contributed by atoms with van der Waals surface area (Å²) in [5, 5.41) is 5.56. The highest BCUT2D eigenvalue weighted by Crippen LogP contribution is 2.21. The average Bonchev–Trinajstić information content (AvgIpc) is 2.86. The molecule has 0 bridgehead atoms. The molecule has 1 aromatic rings. The fraction of sp³-hybridized carbons (Fsp3) is 0.429. The van der Waals surface area contributed by atoms with Crippen LogP contribution < -0.4 is 10.6 Å². The van der Waals surface area contributed by atoms with Crippen molar-refractivity contribution in [2.75, 3.05) is 17.2 Å². The second kappa shape index (κ2) is 5.84. The number of nitrogens with one attached hydrogen (secondary N) is 2. The van der Waals surface area contributed by atoms with Gasteiger partial charge in [0.05, 0.1) is 0 Å². The van der Waals surface area contributed by atoms with Gasteiger partial charge in [0.15, 0.2) is 0 Å². The lowest BCUT2D eigenvalue weighted by Crippen LogP contribution is -2.26. The van der Waals surface area contributed by atoms with E-state index in [0.717, 1.165) is 24.1 Å². The zero-order chi connectivity index (χ0) is 13.8. The summed E-state index contributed by atoms with van der Waals surface area (Å²) in [7, 11) is 0. The molecule has 0 radical (unpaired) electrons. The third kappa shape index (κ3) is 3.54. The van der Waals surface area contributed by atoms with E-state index in [0.29, 0.717) is 12.3 Å². The maximum atomic E-state index is 11.9. The lowest BCUT2D eigenvalue weighted by atomic mass is 10.1. The van der Waals surface area contributed by atoms with Crippen LogP contribution in [-0.4, -0.2) is 24.5 Å². The molecular formula is C14H18N2O3. The standard InChI is InChI=1S/C14H18N2O3/c1-9-8-11(5-6-12(9)15-10(2)17)16-14(18)13-4-3-7-19-13/h5-6,8,13H,3-4,7H2,1-2H3,(H,15,17)(H,16,18)/t13-/m1/s1. The molecule has 1 aromatic carbocycles. The molecule has 0 unspecified atom stereocenters. The number of rotatable bonds is 3. The molecule has 1 fully saturated rings. The third-order valence-electron chi connectivity index (χ3n) is 3.03. The van der Waals surface area contributed by atoms with Crippen LogP contribution in [0, 0.1) is 6.92 Å². The Balaban J connectivity index is 2.03. The number of ether oxygens (including phenoxy) is 1. The number of aryl methyl sites for hydroxylation is 1. The molecular weight excluding hydrogens is 244 g/mol. The van der Waals surface area contributed by atoms with E-state index >= 15 is 0 Å².